The summed E-state index contributed by atoms with van der Waals surface area (Å²) in [7, 11) is 1.64. The van der Waals surface area contributed by atoms with Gasteiger partial charge in [-0.15, -0.1) is 11.3 Å². The van der Waals surface area contributed by atoms with Crippen LogP contribution in [0.5, 0.6) is 0 Å². The van der Waals surface area contributed by atoms with Crippen LogP contribution >= 0.6 is 22.9 Å². The van der Waals surface area contributed by atoms with Crippen LogP contribution in [0.1, 0.15) is 25.6 Å². The van der Waals surface area contributed by atoms with E-state index in [2.05, 4.69) is 4.98 Å². The van der Waals surface area contributed by atoms with Crippen molar-refractivity contribution >= 4 is 51.7 Å². The maximum atomic E-state index is 13.1. The zero-order valence-corrected chi connectivity index (χ0v) is 18.1. The average molecular weight is 454 g/mol. The zero-order valence-electron chi connectivity index (χ0n) is 16.5. The maximum Gasteiger partial charge on any atom is 0.333 e. The molecule has 156 valence electrons. The molecule has 0 atom stereocenters. The van der Waals surface area contributed by atoms with E-state index in [1.807, 2.05) is 31.2 Å². The van der Waals surface area contributed by atoms with Crippen molar-refractivity contribution in [2.75, 3.05) is 11.9 Å². The molecule has 0 aliphatic carbocycles. The van der Waals surface area contributed by atoms with E-state index >= 15 is 0 Å². The Balaban J connectivity index is 1.85. The highest BCUT2D eigenvalue weighted by Gasteiger charge is 2.22. The molecule has 0 radical (unpaired) electrons. The van der Waals surface area contributed by atoms with Crippen molar-refractivity contribution < 1.29 is 9.59 Å². The number of aryl methyl sites for hydroxylation is 1. The van der Waals surface area contributed by atoms with Crippen molar-refractivity contribution in [1.29, 1.82) is 0 Å². The second-order valence-corrected chi connectivity index (χ2v) is 8.53. The number of nitrogens with one attached hydrogen (secondary N) is 1. The molecular formula is C22H16ClN3O4S. The molecule has 1 N–H and O–H groups in total. The lowest BCUT2D eigenvalue weighted by atomic mass is 10.1. The largest absolute Gasteiger partial charge is 0.333 e. The van der Waals surface area contributed by atoms with Gasteiger partial charge in [0.2, 0.25) is 0 Å². The number of aromatic nitrogens is 2. The van der Waals surface area contributed by atoms with Gasteiger partial charge in [-0.25, -0.2) is 9.36 Å². The van der Waals surface area contributed by atoms with E-state index in [0.717, 1.165) is 27.2 Å². The summed E-state index contributed by atoms with van der Waals surface area (Å²) >= 11 is 7.31. The minimum absolute atomic E-state index is 0.0734. The second kappa shape index (κ2) is 7.98. The Kier molecular flexibility index (Phi) is 5.34. The van der Waals surface area contributed by atoms with E-state index in [0.29, 0.717) is 6.29 Å². The fourth-order valence-corrected chi connectivity index (χ4v) is 4.67. The van der Waals surface area contributed by atoms with Crippen molar-refractivity contribution in [2.45, 2.75) is 6.92 Å². The standard InChI is InChI=1S/C22H16ClN3O4S/c1-12-6-3-4-9-15(12)25(2)20(28)17-10-16(19(23)31-17)26-21(29)18-13(11-27)7-5-8-14(18)24-22(26)30/h3-11H,1-2H3,(H,24,30). The number of carbonyl (C=O) groups excluding carboxylic acids is 2. The molecule has 4 rings (SSSR count). The summed E-state index contributed by atoms with van der Waals surface area (Å²) in [5.41, 5.74) is 0.730. The van der Waals surface area contributed by atoms with Crippen molar-refractivity contribution in [2.24, 2.45) is 0 Å². The molecule has 2 aromatic heterocycles. The molecule has 0 saturated heterocycles. The van der Waals surface area contributed by atoms with Gasteiger partial charge in [-0.3, -0.25) is 14.4 Å². The number of amides is 1. The Labute approximate surface area is 185 Å². The van der Waals surface area contributed by atoms with Crippen LogP contribution in [-0.2, 0) is 0 Å². The van der Waals surface area contributed by atoms with Crippen LogP contribution in [-0.4, -0.2) is 28.8 Å². The highest BCUT2D eigenvalue weighted by atomic mass is 35.5. The summed E-state index contributed by atoms with van der Waals surface area (Å²) in [4.78, 5) is 54.5. The summed E-state index contributed by atoms with van der Waals surface area (Å²) in [5.74, 6) is -0.328. The Bertz CT molecular complexity index is 1470. The van der Waals surface area contributed by atoms with E-state index in [1.54, 1.807) is 13.1 Å². The van der Waals surface area contributed by atoms with Crippen LogP contribution < -0.4 is 16.1 Å². The number of H-pyrrole nitrogens is 1. The monoisotopic (exact) mass is 453 g/mol. The number of hydrogen-bond donors (Lipinski definition) is 1. The third kappa shape index (κ3) is 3.49. The maximum absolute atomic E-state index is 13.1. The van der Waals surface area contributed by atoms with Gasteiger partial charge in [0, 0.05) is 18.3 Å². The molecule has 0 unspecified atom stereocenters. The van der Waals surface area contributed by atoms with Crippen LogP contribution in [0.4, 0.5) is 5.69 Å². The summed E-state index contributed by atoms with van der Waals surface area (Å²) < 4.78 is 0.954. The Morgan fingerprint density at radius 1 is 1.16 bits per heavy atom. The van der Waals surface area contributed by atoms with Gasteiger partial charge < -0.3 is 9.88 Å². The SMILES string of the molecule is Cc1ccccc1N(C)C(=O)c1cc(-n2c(=O)[nH]c3cccc(C=O)c3c2=O)c(Cl)s1. The van der Waals surface area contributed by atoms with Crippen LogP contribution in [0, 0.1) is 6.92 Å². The lowest BCUT2D eigenvalue weighted by Gasteiger charge is -2.18. The van der Waals surface area contributed by atoms with Gasteiger partial charge in [0.1, 0.15) is 4.34 Å². The molecule has 0 saturated carbocycles. The van der Waals surface area contributed by atoms with E-state index in [9.17, 15) is 19.2 Å². The highest BCUT2D eigenvalue weighted by Crippen LogP contribution is 2.31. The van der Waals surface area contributed by atoms with E-state index < -0.39 is 11.2 Å². The average Bonchev–Trinajstić information content (AvgIpc) is 3.13. The highest BCUT2D eigenvalue weighted by molar-refractivity contribution is 7.18. The number of anilines is 1. The molecule has 1 amide bonds. The number of aromatic amines is 1. The summed E-state index contributed by atoms with van der Waals surface area (Å²) in [6.07, 6.45) is 0.549. The predicted octanol–water partition coefficient (Wildman–Crippen LogP) is 3.79. The first-order valence-corrected chi connectivity index (χ1v) is 10.4. The lowest BCUT2D eigenvalue weighted by Crippen LogP contribution is -2.34. The minimum Gasteiger partial charge on any atom is -0.310 e. The number of aldehydes is 1. The van der Waals surface area contributed by atoms with E-state index in [4.69, 9.17) is 11.6 Å². The molecule has 31 heavy (non-hydrogen) atoms. The number of fused-ring (bicyclic) bond motifs is 1. The third-order valence-electron chi connectivity index (χ3n) is 4.99. The summed E-state index contributed by atoms with van der Waals surface area (Å²) in [5, 5.41) is 0.0734. The number of halogens is 1. The lowest BCUT2D eigenvalue weighted by molar-refractivity contribution is 0.0996. The van der Waals surface area contributed by atoms with Gasteiger partial charge in [0.15, 0.2) is 6.29 Å². The minimum atomic E-state index is -0.716. The molecule has 0 fully saturated rings. The first-order chi connectivity index (χ1) is 14.8. The van der Waals surface area contributed by atoms with Crippen molar-refractivity contribution in [3.05, 3.63) is 89.7 Å². The number of rotatable bonds is 4. The van der Waals surface area contributed by atoms with E-state index in [1.165, 1.54) is 23.1 Å². The molecule has 0 spiro atoms. The fraction of sp³-hybridized carbons (Fsp3) is 0.0909. The molecule has 7 nitrogen and oxygen atoms in total. The molecular weight excluding hydrogens is 438 g/mol. The van der Waals surface area contributed by atoms with Gasteiger partial charge in [-0.05, 0) is 30.7 Å². The molecule has 0 aliphatic heterocycles. The number of carbonyl (C=O) groups is 2. The van der Waals surface area contributed by atoms with Crippen LogP contribution in [0.3, 0.4) is 0 Å². The number of hydrogen-bond acceptors (Lipinski definition) is 5. The first kappa shape index (κ1) is 20.8. The van der Waals surface area contributed by atoms with Gasteiger partial charge in [-0.1, -0.05) is 41.9 Å². The Hall–Kier alpha value is -3.49. The van der Waals surface area contributed by atoms with Crippen molar-refractivity contribution in [3.8, 4) is 5.69 Å². The third-order valence-corrected chi connectivity index (χ3v) is 6.31. The molecule has 0 aliphatic rings. The van der Waals surface area contributed by atoms with Gasteiger partial charge in [-0.2, -0.15) is 0 Å². The first-order valence-electron chi connectivity index (χ1n) is 9.20. The Morgan fingerprint density at radius 2 is 1.90 bits per heavy atom. The van der Waals surface area contributed by atoms with Crippen molar-refractivity contribution in [3.63, 3.8) is 0 Å². The quantitative estimate of drug-likeness (QED) is 0.476. The molecule has 0 bridgehead atoms. The fourth-order valence-electron chi connectivity index (χ4n) is 3.44. The number of thiophene rings is 1. The summed E-state index contributed by atoms with van der Waals surface area (Å²) in [6.45, 7) is 1.89. The topological polar surface area (TPSA) is 92.2 Å². The van der Waals surface area contributed by atoms with Crippen LogP contribution in [0.25, 0.3) is 16.6 Å². The predicted molar refractivity (Wildman–Crippen MR) is 122 cm³/mol. The molecule has 4 aromatic rings. The summed E-state index contributed by atoms with van der Waals surface area (Å²) in [6, 6.07) is 13.4. The number of para-hydroxylation sites is 1. The Morgan fingerprint density at radius 3 is 2.61 bits per heavy atom. The van der Waals surface area contributed by atoms with Gasteiger partial charge >= 0.3 is 5.69 Å². The molecule has 2 heterocycles. The zero-order chi connectivity index (χ0) is 22.3. The number of nitrogens with zero attached hydrogens (tertiary/aromatic N) is 2. The number of benzene rings is 2. The van der Waals surface area contributed by atoms with E-state index in [-0.39, 0.29) is 37.3 Å². The van der Waals surface area contributed by atoms with Crippen LogP contribution in [0.15, 0.2) is 58.1 Å². The smallest absolute Gasteiger partial charge is 0.310 e. The van der Waals surface area contributed by atoms with Crippen LogP contribution in [0.2, 0.25) is 4.34 Å². The van der Waals surface area contributed by atoms with Gasteiger partial charge in [0.05, 0.1) is 21.5 Å². The normalized spacial score (nSPS) is 10.9. The van der Waals surface area contributed by atoms with Gasteiger partial charge in [0.25, 0.3) is 11.5 Å². The second-order valence-electron chi connectivity index (χ2n) is 6.88. The molecule has 9 heteroatoms. The van der Waals surface area contributed by atoms with Crippen molar-refractivity contribution in [1.82, 2.24) is 9.55 Å². The molecule has 2 aromatic carbocycles.